The highest BCUT2D eigenvalue weighted by molar-refractivity contribution is 5.76. The number of nitrogens with one attached hydrogen (secondary N) is 1. The van der Waals surface area contributed by atoms with Crippen LogP contribution in [0.3, 0.4) is 0 Å². The number of aldehydes is 1. The molecule has 2 heteroatoms. The third-order valence-electron chi connectivity index (χ3n) is 2.10. The third-order valence-corrected chi connectivity index (χ3v) is 2.10. The van der Waals surface area contributed by atoms with E-state index in [0.717, 1.165) is 11.9 Å². The Morgan fingerprint density at radius 1 is 1.36 bits per heavy atom. The molecule has 11 heavy (non-hydrogen) atoms. The molecule has 2 nitrogen and oxygen atoms in total. The van der Waals surface area contributed by atoms with Gasteiger partial charge in [0.2, 0.25) is 0 Å². The van der Waals surface area contributed by atoms with E-state index in [4.69, 9.17) is 0 Å². The second-order valence-corrected chi connectivity index (χ2v) is 2.75. The average molecular weight is 147 g/mol. The molecule has 56 valence electrons. The van der Waals surface area contributed by atoms with E-state index >= 15 is 0 Å². The van der Waals surface area contributed by atoms with E-state index < -0.39 is 0 Å². The van der Waals surface area contributed by atoms with Gasteiger partial charge in [0.1, 0.15) is 6.29 Å². The van der Waals surface area contributed by atoms with Gasteiger partial charge in [-0.3, -0.25) is 4.79 Å². The molecule has 2 atom stereocenters. The monoisotopic (exact) mass is 147 g/mol. The minimum atomic E-state index is 0.262. The van der Waals surface area contributed by atoms with Crippen LogP contribution in [0.2, 0.25) is 0 Å². The molecule has 1 N–H and O–H groups in total. The van der Waals surface area contributed by atoms with Gasteiger partial charge in [0.25, 0.3) is 0 Å². The van der Waals surface area contributed by atoms with Crippen molar-refractivity contribution in [2.75, 3.05) is 0 Å². The lowest BCUT2D eigenvalue weighted by Gasteiger charge is -2.16. The Labute approximate surface area is 65.3 Å². The molecule has 2 aliphatic rings. The maximum Gasteiger partial charge on any atom is 0.148 e. The van der Waals surface area contributed by atoms with Gasteiger partial charge in [-0.2, -0.15) is 0 Å². The fraction of sp³-hybridized carbons (Fsp3) is 0.222. The van der Waals surface area contributed by atoms with E-state index in [0.29, 0.717) is 6.04 Å². The van der Waals surface area contributed by atoms with Crippen molar-refractivity contribution in [3.8, 4) is 0 Å². The molecule has 1 aliphatic carbocycles. The Morgan fingerprint density at radius 3 is 3.00 bits per heavy atom. The molecular formula is C9H9NO. The maximum atomic E-state index is 10.5. The standard InChI is InChI=1S/C9H9NO/c11-6-7-5-10-9-4-2-1-3-8(7)9/h1-6,8-10H. The van der Waals surface area contributed by atoms with E-state index in [1.807, 2.05) is 18.2 Å². The van der Waals surface area contributed by atoms with E-state index in [-0.39, 0.29) is 5.92 Å². The first-order valence-corrected chi connectivity index (χ1v) is 3.68. The SMILES string of the molecule is O=CC1=CNC2C=CC=CC12. The lowest BCUT2D eigenvalue weighted by molar-refractivity contribution is -0.105. The summed E-state index contributed by atoms with van der Waals surface area (Å²) in [5.41, 5.74) is 0.843. The van der Waals surface area contributed by atoms with Crippen molar-refractivity contribution in [1.29, 1.82) is 0 Å². The molecule has 2 rings (SSSR count). The molecule has 1 aliphatic heterocycles. The van der Waals surface area contributed by atoms with Gasteiger partial charge >= 0.3 is 0 Å². The number of carbonyl (C=O) groups is 1. The van der Waals surface area contributed by atoms with Crippen molar-refractivity contribution in [2.45, 2.75) is 6.04 Å². The van der Waals surface area contributed by atoms with Crippen LogP contribution >= 0.6 is 0 Å². The predicted octanol–water partition coefficient (Wildman–Crippen LogP) is 0.783. The zero-order valence-electron chi connectivity index (χ0n) is 6.03. The Hall–Kier alpha value is -1.31. The second-order valence-electron chi connectivity index (χ2n) is 2.75. The molecule has 0 bridgehead atoms. The van der Waals surface area contributed by atoms with Gasteiger partial charge in [-0.05, 0) is 0 Å². The third kappa shape index (κ3) is 0.909. The van der Waals surface area contributed by atoms with E-state index in [1.54, 1.807) is 6.20 Å². The first kappa shape index (κ1) is 6.40. The van der Waals surface area contributed by atoms with E-state index in [9.17, 15) is 4.79 Å². The number of fused-ring (bicyclic) bond motifs is 1. The zero-order valence-corrected chi connectivity index (χ0v) is 6.03. The first-order chi connectivity index (χ1) is 5.42. The van der Waals surface area contributed by atoms with Gasteiger partial charge in [-0.1, -0.05) is 24.3 Å². The number of hydrogen-bond acceptors (Lipinski definition) is 2. The van der Waals surface area contributed by atoms with Gasteiger partial charge in [-0.15, -0.1) is 0 Å². The molecule has 0 spiro atoms. The number of carbonyl (C=O) groups excluding carboxylic acids is 1. The highest BCUT2D eigenvalue weighted by Crippen LogP contribution is 2.24. The van der Waals surface area contributed by atoms with Gasteiger partial charge < -0.3 is 5.32 Å². The molecule has 0 aromatic carbocycles. The van der Waals surface area contributed by atoms with Gasteiger partial charge in [-0.25, -0.2) is 0 Å². The lowest BCUT2D eigenvalue weighted by Crippen LogP contribution is -2.25. The van der Waals surface area contributed by atoms with E-state index in [1.165, 1.54) is 0 Å². The van der Waals surface area contributed by atoms with Crippen molar-refractivity contribution in [1.82, 2.24) is 5.32 Å². The minimum absolute atomic E-state index is 0.262. The molecule has 1 heterocycles. The molecule has 2 unspecified atom stereocenters. The molecule has 0 saturated heterocycles. The molecule has 0 aromatic heterocycles. The Balaban J connectivity index is 2.26. The van der Waals surface area contributed by atoms with Gasteiger partial charge in [0.15, 0.2) is 0 Å². The first-order valence-electron chi connectivity index (χ1n) is 3.68. The van der Waals surface area contributed by atoms with Crippen LogP contribution in [0.1, 0.15) is 0 Å². The normalized spacial score (nSPS) is 32.5. The van der Waals surface area contributed by atoms with Crippen molar-refractivity contribution in [3.63, 3.8) is 0 Å². The smallest absolute Gasteiger partial charge is 0.148 e. The van der Waals surface area contributed by atoms with Crippen LogP contribution in [-0.2, 0) is 4.79 Å². The summed E-state index contributed by atoms with van der Waals surface area (Å²) in [4.78, 5) is 10.5. The molecule has 0 radical (unpaired) electrons. The second kappa shape index (κ2) is 2.38. The zero-order chi connectivity index (χ0) is 7.68. The number of allylic oxidation sites excluding steroid dienone is 2. The summed E-state index contributed by atoms with van der Waals surface area (Å²) in [5.74, 6) is 0.262. The summed E-state index contributed by atoms with van der Waals surface area (Å²) in [6.45, 7) is 0. The number of hydrogen-bond donors (Lipinski definition) is 1. The van der Waals surface area contributed by atoms with Crippen molar-refractivity contribution in [2.24, 2.45) is 5.92 Å². The summed E-state index contributed by atoms with van der Waals surface area (Å²) in [6, 6.07) is 0.306. The number of rotatable bonds is 1. The van der Waals surface area contributed by atoms with Crippen LogP contribution in [0.15, 0.2) is 36.1 Å². The Bertz CT molecular complexity index is 263. The van der Waals surface area contributed by atoms with Crippen LogP contribution in [0.25, 0.3) is 0 Å². The quantitative estimate of drug-likeness (QED) is 0.555. The molecular weight excluding hydrogens is 138 g/mol. The van der Waals surface area contributed by atoms with E-state index in [2.05, 4.69) is 11.4 Å². The van der Waals surface area contributed by atoms with Crippen LogP contribution < -0.4 is 5.32 Å². The topological polar surface area (TPSA) is 29.1 Å². The minimum Gasteiger partial charge on any atom is -0.383 e. The van der Waals surface area contributed by atoms with Crippen molar-refractivity contribution >= 4 is 6.29 Å². The highest BCUT2D eigenvalue weighted by Gasteiger charge is 2.25. The maximum absolute atomic E-state index is 10.5. The fourth-order valence-electron chi connectivity index (χ4n) is 1.49. The largest absolute Gasteiger partial charge is 0.383 e. The fourth-order valence-corrected chi connectivity index (χ4v) is 1.49. The summed E-state index contributed by atoms with van der Waals surface area (Å²) >= 11 is 0. The predicted molar refractivity (Wildman–Crippen MR) is 42.8 cm³/mol. The van der Waals surface area contributed by atoms with Gasteiger partial charge in [0, 0.05) is 17.7 Å². The average Bonchev–Trinajstić information content (AvgIpc) is 2.47. The van der Waals surface area contributed by atoms with Crippen molar-refractivity contribution < 1.29 is 4.79 Å². The van der Waals surface area contributed by atoms with Crippen LogP contribution in [0.5, 0.6) is 0 Å². The molecule has 0 aromatic rings. The van der Waals surface area contributed by atoms with Crippen molar-refractivity contribution in [3.05, 3.63) is 36.1 Å². The summed E-state index contributed by atoms with van der Waals surface area (Å²) in [7, 11) is 0. The summed E-state index contributed by atoms with van der Waals surface area (Å²) in [5, 5.41) is 3.13. The van der Waals surface area contributed by atoms with Gasteiger partial charge in [0.05, 0.1) is 6.04 Å². The molecule has 0 saturated carbocycles. The summed E-state index contributed by atoms with van der Waals surface area (Å²) in [6.07, 6.45) is 10.8. The Kier molecular flexibility index (Phi) is 1.39. The van der Waals surface area contributed by atoms with Crippen LogP contribution in [0.4, 0.5) is 0 Å². The molecule has 0 amide bonds. The van der Waals surface area contributed by atoms with Crippen LogP contribution in [-0.4, -0.2) is 12.3 Å². The highest BCUT2D eigenvalue weighted by atomic mass is 16.1. The lowest BCUT2D eigenvalue weighted by atomic mass is 9.92. The summed E-state index contributed by atoms with van der Waals surface area (Å²) < 4.78 is 0. The molecule has 0 fully saturated rings. The Morgan fingerprint density at radius 2 is 2.18 bits per heavy atom. The van der Waals surface area contributed by atoms with Crippen LogP contribution in [0, 0.1) is 5.92 Å².